The molecule has 0 aliphatic rings. The third-order valence-corrected chi connectivity index (χ3v) is 4.69. The highest BCUT2D eigenvalue weighted by Crippen LogP contribution is 2.21. The Labute approximate surface area is 162 Å². The lowest BCUT2D eigenvalue weighted by molar-refractivity contribution is -0.140. The SMILES string of the molecule is Cc1ccc(Cn2nc(C)c(NC(=O)c3cnn(C(C)C(=O)O)c3)c2C)cc1. The van der Waals surface area contributed by atoms with Crippen LogP contribution in [0.1, 0.15) is 45.8 Å². The quantitative estimate of drug-likeness (QED) is 0.683. The lowest BCUT2D eigenvalue weighted by Crippen LogP contribution is -2.16. The molecule has 28 heavy (non-hydrogen) atoms. The van der Waals surface area contributed by atoms with Crippen molar-refractivity contribution in [3.63, 3.8) is 0 Å². The van der Waals surface area contributed by atoms with Crippen molar-refractivity contribution < 1.29 is 14.7 Å². The van der Waals surface area contributed by atoms with Gasteiger partial charge in [0.2, 0.25) is 0 Å². The first-order chi connectivity index (χ1) is 13.3. The van der Waals surface area contributed by atoms with Crippen molar-refractivity contribution in [2.24, 2.45) is 0 Å². The van der Waals surface area contributed by atoms with E-state index >= 15 is 0 Å². The van der Waals surface area contributed by atoms with E-state index in [1.165, 1.54) is 29.6 Å². The van der Waals surface area contributed by atoms with Gasteiger partial charge in [0.15, 0.2) is 0 Å². The number of benzene rings is 1. The van der Waals surface area contributed by atoms with E-state index < -0.39 is 12.0 Å². The molecule has 146 valence electrons. The summed E-state index contributed by atoms with van der Waals surface area (Å²) in [6.07, 6.45) is 2.78. The number of carbonyl (C=O) groups excluding carboxylic acids is 1. The fourth-order valence-electron chi connectivity index (χ4n) is 2.86. The van der Waals surface area contributed by atoms with Crippen molar-refractivity contribution in [3.05, 3.63) is 64.7 Å². The third kappa shape index (κ3) is 3.95. The van der Waals surface area contributed by atoms with Crippen molar-refractivity contribution >= 4 is 17.6 Å². The zero-order chi connectivity index (χ0) is 20.4. The van der Waals surface area contributed by atoms with E-state index in [1.807, 2.05) is 25.5 Å². The minimum atomic E-state index is -1.01. The number of aromatic nitrogens is 4. The zero-order valence-electron chi connectivity index (χ0n) is 16.3. The first-order valence-electron chi connectivity index (χ1n) is 8.94. The second-order valence-electron chi connectivity index (χ2n) is 6.87. The topological polar surface area (TPSA) is 102 Å². The Morgan fingerprint density at radius 1 is 1.18 bits per heavy atom. The van der Waals surface area contributed by atoms with Crippen LogP contribution in [0.2, 0.25) is 0 Å². The van der Waals surface area contributed by atoms with Gasteiger partial charge in [-0.1, -0.05) is 29.8 Å². The highest BCUT2D eigenvalue weighted by Gasteiger charge is 2.19. The maximum Gasteiger partial charge on any atom is 0.328 e. The second-order valence-corrected chi connectivity index (χ2v) is 6.87. The third-order valence-electron chi connectivity index (χ3n) is 4.69. The van der Waals surface area contributed by atoms with Gasteiger partial charge in [0.05, 0.1) is 35.4 Å². The van der Waals surface area contributed by atoms with Crippen LogP contribution in [0.4, 0.5) is 5.69 Å². The maximum absolute atomic E-state index is 12.6. The van der Waals surface area contributed by atoms with Crippen molar-refractivity contribution in [1.29, 1.82) is 0 Å². The van der Waals surface area contributed by atoms with E-state index in [1.54, 1.807) is 0 Å². The van der Waals surface area contributed by atoms with E-state index in [-0.39, 0.29) is 11.5 Å². The summed E-state index contributed by atoms with van der Waals surface area (Å²) in [7, 11) is 0. The predicted octanol–water partition coefficient (Wildman–Crippen LogP) is 2.95. The summed E-state index contributed by atoms with van der Waals surface area (Å²) in [5.41, 5.74) is 4.82. The molecular weight excluding hydrogens is 358 g/mol. The fraction of sp³-hybridized carbons (Fsp3) is 0.300. The molecule has 0 fully saturated rings. The Hall–Kier alpha value is -3.42. The number of amides is 1. The summed E-state index contributed by atoms with van der Waals surface area (Å²) in [5, 5.41) is 20.4. The molecule has 3 rings (SSSR count). The molecule has 1 atom stereocenters. The van der Waals surface area contributed by atoms with Crippen molar-refractivity contribution in [2.45, 2.75) is 40.3 Å². The highest BCUT2D eigenvalue weighted by atomic mass is 16.4. The normalized spacial score (nSPS) is 12.0. The summed E-state index contributed by atoms with van der Waals surface area (Å²) in [6.45, 7) is 7.89. The number of carbonyl (C=O) groups is 2. The van der Waals surface area contributed by atoms with Crippen LogP contribution in [0.25, 0.3) is 0 Å². The number of hydrogen-bond acceptors (Lipinski definition) is 4. The molecule has 0 radical (unpaired) electrons. The lowest BCUT2D eigenvalue weighted by Gasteiger charge is -2.07. The number of nitrogens with zero attached hydrogens (tertiary/aromatic N) is 4. The van der Waals surface area contributed by atoms with E-state index in [2.05, 4.69) is 39.8 Å². The van der Waals surface area contributed by atoms with E-state index in [4.69, 9.17) is 5.11 Å². The van der Waals surface area contributed by atoms with Gasteiger partial charge in [-0.15, -0.1) is 0 Å². The first kappa shape index (κ1) is 19.3. The number of nitrogens with one attached hydrogen (secondary N) is 1. The Bertz CT molecular complexity index is 1020. The van der Waals surface area contributed by atoms with Crippen LogP contribution in [0.3, 0.4) is 0 Å². The molecule has 1 aromatic carbocycles. The van der Waals surface area contributed by atoms with E-state index in [0.29, 0.717) is 17.9 Å². The molecule has 2 heterocycles. The molecule has 0 saturated carbocycles. The van der Waals surface area contributed by atoms with Gasteiger partial charge in [-0.05, 0) is 33.3 Å². The van der Waals surface area contributed by atoms with Crippen LogP contribution >= 0.6 is 0 Å². The van der Waals surface area contributed by atoms with Gasteiger partial charge >= 0.3 is 5.97 Å². The van der Waals surface area contributed by atoms with Crippen LogP contribution in [0, 0.1) is 20.8 Å². The summed E-state index contributed by atoms with van der Waals surface area (Å²) in [4.78, 5) is 23.6. The van der Waals surface area contributed by atoms with Gasteiger partial charge in [0, 0.05) is 6.20 Å². The molecule has 0 aliphatic carbocycles. The standard InChI is InChI=1S/C20H23N5O3/c1-12-5-7-16(8-6-12)10-25-14(3)18(13(2)23-25)22-19(26)17-9-21-24(11-17)15(4)20(27)28/h5-9,11,15H,10H2,1-4H3,(H,22,26)(H,27,28). The van der Waals surface area contributed by atoms with Gasteiger partial charge in [-0.2, -0.15) is 10.2 Å². The van der Waals surface area contributed by atoms with Crippen molar-refractivity contribution in [2.75, 3.05) is 5.32 Å². The molecule has 2 N–H and O–H groups in total. The number of anilines is 1. The average molecular weight is 381 g/mol. The predicted molar refractivity (Wildman–Crippen MR) is 105 cm³/mol. The Balaban J connectivity index is 1.77. The monoisotopic (exact) mass is 381 g/mol. The van der Waals surface area contributed by atoms with Crippen molar-refractivity contribution in [1.82, 2.24) is 19.6 Å². The number of hydrogen-bond donors (Lipinski definition) is 2. The molecule has 0 saturated heterocycles. The average Bonchev–Trinajstić information content (AvgIpc) is 3.24. The van der Waals surface area contributed by atoms with Gasteiger partial charge in [0.25, 0.3) is 5.91 Å². The number of aliphatic carboxylic acids is 1. The summed E-state index contributed by atoms with van der Waals surface area (Å²) in [5.74, 6) is -1.37. The summed E-state index contributed by atoms with van der Waals surface area (Å²) in [6, 6.07) is 7.38. The van der Waals surface area contributed by atoms with Crippen LogP contribution in [-0.2, 0) is 11.3 Å². The Morgan fingerprint density at radius 2 is 1.86 bits per heavy atom. The van der Waals surface area contributed by atoms with E-state index in [0.717, 1.165) is 11.3 Å². The number of carboxylic acids is 1. The van der Waals surface area contributed by atoms with Crippen LogP contribution in [0.15, 0.2) is 36.7 Å². The lowest BCUT2D eigenvalue weighted by atomic mass is 10.1. The molecule has 8 nitrogen and oxygen atoms in total. The Morgan fingerprint density at radius 3 is 2.50 bits per heavy atom. The van der Waals surface area contributed by atoms with Gasteiger partial charge < -0.3 is 10.4 Å². The summed E-state index contributed by atoms with van der Waals surface area (Å²) >= 11 is 0. The largest absolute Gasteiger partial charge is 0.480 e. The van der Waals surface area contributed by atoms with Crippen LogP contribution < -0.4 is 5.32 Å². The molecule has 8 heteroatoms. The molecule has 0 bridgehead atoms. The number of rotatable bonds is 6. The van der Waals surface area contributed by atoms with E-state index in [9.17, 15) is 9.59 Å². The number of carboxylic acid groups (broad SMARTS) is 1. The second kappa shape index (κ2) is 7.67. The fourth-order valence-corrected chi connectivity index (χ4v) is 2.86. The molecule has 3 aromatic rings. The van der Waals surface area contributed by atoms with Crippen LogP contribution in [-0.4, -0.2) is 36.5 Å². The molecular formula is C20H23N5O3. The van der Waals surface area contributed by atoms with Gasteiger partial charge in [-0.25, -0.2) is 4.79 Å². The van der Waals surface area contributed by atoms with Crippen molar-refractivity contribution in [3.8, 4) is 0 Å². The molecule has 1 unspecified atom stereocenters. The molecule has 0 spiro atoms. The maximum atomic E-state index is 12.6. The minimum Gasteiger partial charge on any atom is -0.480 e. The summed E-state index contributed by atoms with van der Waals surface area (Å²) < 4.78 is 3.10. The van der Waals surface area contributed by atoms with Crippen LogP contribution in [0.5, 0.6) is 0 Å². The molecule has 2 aromatic heterocycles. The number of aryl methyl sites for hydroxylation is 2. The van der Waals surface area contributed by atoms with Gasteiger partial charge in [0.1, 0.15) is 6.04 Å². The molecule has 0 aliphatic heterocycles. The smallest absolute Gasteiger partial charge is 0.328 e. The first-order valence-corrected chi connectivity index (χ1v) is 8.94. The molecule has 1 amide bonds. The zero-order valence-corrected chi connectivity index (χ0v) is 16.3. The Kier molecular flexibility index (Phi) is 5.30. The minimum absolute atomic E-state index is 0.290. The highest BCUT2D eigenvalue weighted by molar-refractivity contribution is 6.04. The van der Waals surface area contributed by atoms with Gasteiger partial charge in [-0.3, -0.25) is 14.2 Å².